The fourth-order valence-electron chi connectivity index (χ4n) is 2.47. The van der Waals surface area contributed by atoms with Crippen LogP contribution in [0.15, 0.2) is 16.3 Å². The van der Waals surface area contributed by atoms with Gasteiger partial charge >= 0.3 is 5.97 Å². The summed E-state index contributed by atoms with van der Waals surface area (Å²) >= 11 is 1.10. The molecule has 0 radical (unpaired) electrons. The zero-order chi connectivity index (χ0) is 17.0. The molecule has 0 aliphatic carbocycles. The lowest BCUT2D eigenvalue weighted by Gasteiger charge is -2.19. The van der Waals surface area contributed by atoms with Crippen LogP contribution in [-0.2, 0) is 14.8 Å². The van der Waals surface area contributed by atoms with Crippen LogP contribution in [0.4, 0.5) is 0 Å². The SMILES string of the molecule is CN(CCCC(=O)O)C(=O)c1sccc1S(=O)(=O)N1CCCC1. The molecule has 7 nitrogen and oxygen atoms in total. The molecule has 1 aromatic heterocycles. The van der Waals surface area contributed by atoms with Gasteiger partial charge in [-0.05, 0) is 30.7 Å². The maximum absolute atomic E-state index is 12.6. The van der Waals surface area contributed by atoms with Gasteiger partial charge in [0.1, 0.15) is 9.77 Å². The molecule has 2 heterocycles. The highest BCUT2D eigenvalue weighted by atomic mass is 32.2. The molecule has 0 spiro atoms. The van der Waals surface area contributed by atoms with Gasteiger partial charge in [0.25, 0.3) is 5.91 Å². The Morgan fingerprint density at radius 3 is 2.61 bits per heavy atom. The number of carbonyl (C=O) groups excluding carboxylic acids is 1. The summed E-state index contributed by atoms with van der Waals surface area (Å²) in [6.45, 7) is 1.24. The number of nitrogens with zero attached hydrogens (tertiary/aromatic N) is 2. The van der Waals surface area contributed by atoms with Crippen LogP contribution >= 0.6 is 11.3 Å². The van der Waals surface area contributed by atoms with E-state index in [9.17, 15) is 18.0 Å². The van der Waals surface area contributed by atoms with Crippen LogP contribution in [-0.4, -0.2) is 61.3 Å². The van der Waals surface area contributed by atoms with E-state index in [4.69, 9.17) is 5.11 Å². The quantitative estimate of drug-likeness (QED) is 0.794. The van der Waals surface area contributed by atoms with Gasteiger partial charge in [-0.1, -0.05) is 0 Å². The maximum Gasteiger partial charge on any atom is 0.303 e. The Bertz CT molecular complexity index is 677. The van der Waals surface area contributed by atoms with Crippen molar-refractivity contribution >= 4 is 33.2 Å². The molecule has 128 valence electrons. The molecule has 1 aliphatic heterocycles. The maximum atomic E-state index is 12.6. The fraction of sp³-hybridized carbons (Fsp3) is 0.571. The summed E-state index contributed by atoms with van der Waals surface area (Å²) in [5.41, 5.74) is 0. The third-order valence-electron chi connectivity index (χ3n) is 3.74. The fourth-order valence-corrected chi connectivity index (χ4v) is 5.37. The van der Waals surface area contributed by atoms with Gasteiger partial charge in [-0.2, -0.15) is 4.31 Å². The first-order chi connectivity index (χ1) is 10.8. The largest absolute Gasteiger partial charge is 0.481 e. The third-order valence-corrected chi connectivity index (χ3v) is 6.71. The van der Waals surface area contributed by atoms with Crippen LogP contribution in [0.3, 0.4) is 0 Å². The molecule has 0 saturated carbocycles. The monoisotopic (exact) mass is 360 g/mol. The van der Waals surface area contributed by atoms with E-state index in [0.29, 0.717) is 19.5 Å². The predicted octanol–water partition coefficient (Wildman–Crippen LogP) is 1.47. The van der Waals surface area contributed by atoms with Gasteiger partial charge in [0.2, 0.25) is 10.0 Å². The molecule has 0 atom stereocenters. The summed E-state index contributed by atoms with van der Waals surface area (Å²) in [6.07, 6.45) is 1.97. The van der Waals surface area contributed by atoms with Gasteiger partial charge in [-0.3, -0.25) is 9.59 Å². The molecule has 1 aromatic rings. The molecule has 1 fully saturated rings. The Labute approximate surface area is 139 Å². The second kappa shape index (κ2) is 7.41. The number of thiophene rings is 1. The lowest BCUT2D eigenvalue weighted by Crippen LogP contribution is -2.32. The number of carboxylic acids is 1. The molecule has 9 heteroatoms. The Kier molecular flexibility index (Phi) is 5.77. The molecule has 1 aliphatic rings. The molecule has 1 amide bonds. The first-order valence-electron chi connectivity index (χ1n) is 7.39. The third kappa shape index (κ3) is 4.10. The van der Waals surface area contributed by atoms with Crippen molar-refractivity contribution in [2.75, 3.05) is 26.7 Å². The second-order valence-corrected chi connectivity index (χ2v) is 8.27. The Hall–Kier alpha value is -1.45. The number of amides is 1. The average molecular weight is 360 g/mol. The van der Waals surface area contributed by atoms with Gasteiger partial charge in [-0.15, -0.1) is 11.3 Å². The van der Waals surface area contributed by atoms with E-state index in [2.05, 4.69) is 0 Å². The number of carbonyl (C=O) groups is 2. The summed E-state index contributed by atoms with van der Waals surface area (Å²) in [7, 11) is -2.08. The summed E-state index contributed by atoms with van der Waals surface area (Å²) < 4.78 is 26.7. The number of aliphatic carboxylic acids is 1. The standard InChI is InChI=1S/C14H20N2O5S2/c1-15(7-4-5-12(17)18)14(19)13-11(6-10-22-13)23(20,21)16-8-2-3-9-16/h6,10H,2-5,7-9H2,1H3,(H,17,18). The van der Waals surface area contributed by atoms with E-state index < -0.39 is 16.0 Å². The highest BCUT2D eigenvalue weighted by molar-refractivity contribution is 7.89. The molecule has 23 heavy (non-hydrogen) atoms. The van der Waals surface area contributed by atoms with E-state index >= 15 is 0 Å². The highest BCUT2D eigenvalue weighted by Gasteiger charge is 2.32. The highest BCUT2D eigenvalue weighted by Crippen LogP contribution is 2.28. The minimum atomic E-state index is -3.64. The first kappa shape index (κ1) is 17.9. The summed E-state index contributed by atoms with van der Waals surface area (Å²) in [5.74, 6) is -1.30. The molecule has 1 N–H and O–H groups in total. The van der Waals surface area contributed by atoms with Crippen molar-refractivity contribution in [3.05, 3.63) is 16.3 Å². The Morgan fingerprint density at radius 2 is 2.00 bits per heavy atom. The van der Waals surface area contributed by atoms with Crippen LogP contribution in [0.5, 0.6) is 0 Å². The minimum Gasteiger partial charge on any atom is -0.481 e. The van der Waals surface area contributed by atoms with Crippen molar-refractivity contribution in [1.82, 2.24) is 9.21 Å². The van der Waals surface area contributed by atoms with Crippen molar-refractivity contribution in [2.24, 2.45) is 0 Å². The van der Waals surface area contributed by atoms with Crippen LogP contribution < -0.4 is 0 Å². The van der Waals surface area contributed by atoms with Gasteiger partial charge < -0.3 is 10.0 Å². The topological polar surface area (TPSA) is 95.0 Å². The number of carboxylic acid groups (broad SMARTS) is 1. The molecular formula is C14H20N2O5S2. The molecule has 1 saturated heterocycles. The van der Waals surface area contributed by atoms with Crippen LogP contribution in [0.1, 0.15) is 35.4 Å². The molecule has 0 unspecified atom stereocenters. The minimum absolute atomic E-state index is 0.0268. The lowest BCUT2D eigenvalue weighted by molar-refractivity contribution is -0.137. The number of sulfonamides is 1. The second-order valence-electron chi connectivity index (χ2n) is 5.45. The van der Waals surface area contributed by atoms with E-state index in [0.717, 1.165) is 24.2 Å². The molecule has 0 aromatic carbocycles. The predicted molar refractivity (Wildman–Crippen MR) is 86.1 cm³/mol. The first-order valence-corrected chi connectivity index (χ1v) is 9.71. The van der Waals surface area contributed by atoms with Crippen LogP contribution in [0, 0.1) is 0 Å². The smallest absolute Gasteiger partial charge is 0.303 e. The molecule has 2 rings (SSSR count). The van der Waals surface area contributed by atoms with E-state index in [-0.39, 0.29) is 28.6 Å². The van der Waals surface area contributed by atoms with Gasteiger partial charge in [0, 0.05) is 33.1 Å². The number of hydrogen-bond donors (Lipinski definition) is 1. The van der Waals surface area contributed by atoms with Gasteiger partial charge in [0.15, 0.2) is 0 Å². The molecule has 0 bridgehead atoms. The summed E-state index contributed by atoms with van der Waals surface area (Å²) in [4.78, 5) is 24.6. The van der Waals surface area contributed by atoms with Crippen LogP contribution in [0.2, 0.25) is 0 Å². The normalized spacial score (nSPS) is 15.7. The van der Waals surface area contributed by atoms with Crippen molar-refractivity contribution in [3.63, 3.8) is 0 Å². The van der Waals surface area contributed by atoms with Crippen molar-refractivity contribution in [1.29, 1.82) is 0 Å². The van der Waals surface area contributed by atoms with E-state index in [1.807, 2.05) is 0 Å². The Balaban J connectivity index is 2.13. The summed E-state index contributed by atoms with van der Waals surface area (Å²) in [5, 5.41) is 10.2. The number of rotatable bonds is 7. The van der Waals surface area contributed by atoms with Crippen LogP contribution in [0.25, 0.3) is 0 Å². The summed E-state index contributed by atoms with van der Waals surface area (Å²) in [6, 6.07) is 1.47. The average Bonchev–Trinajstić information content (AvgIpc) is 3.17. The van der Waals surface area contributed by atoms with Crippen molar-refractivity contribution < 1.29 is 23.1 Å². The molecular weight excluding hydrogens is 340 g/mol. The lowest BCUT2D eigenvalue weighted by atomic mass is 10.3. The van der Waals surface area contributed by atoms with Crippen molar-refractivity contribution in [2.45, 2.75) is 30.6 Å². The number of hydrogen-bond acceptors (Lipinski definition) is 5. The Morgan fingerprint density at radius 1 is 1.35 bits per heavy atom. The zero-order valence-electron chi connectivity index (χ0n) is 12.9. The van der Waals surface area contributed by atoms with E-state index in [1.165, 1.54) is 15.3 Å². The van der Waals surface area contributed by atoms with Gasteiger partial charge in [-0.25, -0.2) is 8.42 Å². The van der Waals surface area contributed by atoms with E-state index in [1.54, 1.807) is 12.4 Å². The zero-order valence-corrected chi connectivity index (χ0v) is 14.5. The van der Waals surface area contributed by atoms with Gasteiger partial charge in [0.05, 0.1) is 0 Å². The van der Waals surface area contributed by atoms with Crippen molar-refractivity contribution in [3.8, 4) is 0 Å².